The third-order valence-electron chi connectivity index (χ3n) is 5.74. The van der Waals surface area contributed by atoms with Crippen LogP contribution in [0.4, 0.5) is 11.4 Å². The second-order valence-electron chi connectivity index (χ2n) is 7.55. The number of non-ortho nitro benzene ring substituents is 2. The van der Waals surface area contributed by atoms with E-state index in [0.717, 1.165) is 70.3 Å². The minimum atomic E-state index is -0.685. The molecule has 27 heavy (non-hydrogen) atoms. The number of nitro benzene ring substituents is 2. The molecule has 0 heterocycles. The smallest absolute Gasteiger partial charge is 0.277 e. The molecule has 2 saturated carbocycles. The molecule has 0 bridgehead atoms. The minimum Gasteiger partial charge on any atom is -0.333 e. The fourth-order valence-corrected chi connectivity index (χ4v) is 4.43. The molecule has 0 aliphatic heterocycles. The Morgan fingerprint density at radius 2 is 1.19 bits per heavy atom. The largest absolute Gasteiger partial charge is 0.333 e. The third kappa shape index (κ3) is 4.43. The van der Waals surface area contributed by atoms with Gasteiger partial charge < -0.3 is 4.90 Å². The Hall–Kier alpha value is -2.51. The highest BCUT2D eigenvalue weighted by Gasteiger charge is 2.34. The van der Waals surface area contributed by atoms with Crippen LogP contribution >= 0.6 is 0 Å². The predicted octanol–water partition coefficient (Wildman–Crippen LogP) is 4.61. The highest BCUT2D eigenvalue weighted by molar-refractivity contribution is 5.96. The second kappa shape index (κ2) is 8.45. The van der Waals surface area contributed by atoms with Crippen molar-refractivity contribution < 1.29 is 14.6 Å². The summed E-state index contributed by atoms with van der Waals surface area (Å²) in [4.78, 5) is 36.3. The van der Waals surface area contributed by atoms with Gasteiger partial charge in [0.1, 0.15) is 0 Å². The molecule has 0 radical (unpaired) electrons. The summed E-state index contributed by atoms with van der Waals surface area (Å²) >= 11 is 0. The van der Waals surface area contributed by atoms with E-state index in [4.69, 9.17) is 0 Å². The molecule has 0 atom stereocenters. The van der Waals surface area contributed by atoms with E-state index >= 15 is 0 Å². The van der Waals surface area contributed by atoms with E-state index in [1.165, 1.54) is 12.1 Å². The topological polar surface area (TPSA) is 107 Å². The van der Waals surface area contributed by atoms with Gasteiger partial charge in [-0.1, -0.05) is 38.5 Å². The fraction of sp³-hybridized carbons (Fsp3) is 0.632. The van der Waals surface area contributed by atoms with Crippen molar-refractivity contribution in [1.29, 1.82) is 0 Å². The molecule has 3 rings (SSSR count). The van der Waals surface area contributed by atoms with Gasteiger partial charge in [0, 0.05) is 24.2 Å². The third-order valence-corrected chi connectivity index (χ3v) is 5.74. The van der Waals surface area contributed by atoms with E-state index in [0.29, 0.717) is 0 Å². The van der Waals surface area contributed by atoms with Crippen molar-refractivity contribution in [3.63, 3.8) is 0 Å². The van der Waals surface area contributed by atoms with Gasteiger partial charge in [-0.15, -0.1) is 0 Å². The Morgan fingerprint density at radius 3 is 1.56 bits per heavy atom. The summed E-state index contributed by atoms with van der Waals surface area (Å²) in [6.45, 7) is 0. The number of rotatable bonds is 5. The number of carbonyl (C=O) groups is 1. The molecule has 0 spiro atoms. The number of carbonyl (C=O) groups excluding carboxylic acids is 1. The quantitative estimate of drug-likeness (QED) is 0.552. The Morgan fingerprint density at radius 1 is 0.778 bits per heavy atom. The van der Waals surface area contributed by atoms with E-state index in [-0.39, 0.29) is 23.6 Å². The molecule has 2 aliphatic rings. The number of hydrogen-bond donors (Lipinski definition) is 0. The zero-order valence-corrected chi connectivity index (χ0v) is 15.3. The van der Waals surface area contributed by atoms with Crippen LogP contribution in [-0.4, -0.2) is 32.7 Å². The van der Waals surface area contributed by atoms with Gasteiger partial charge in [-0.05, 0) is 25.7 Å². The molecule has 2 aliphatic carbocycles. The van der Waals surface area contributed by atoms with Gasteiger partial charge in [0.25, 0.3) is 17.3 Å². The summed E-state index contributed by atoms with van der Waals surface area (Å²) in [6.07, 6.45) is 10.3. The van der Waals surface area contributed by atoms with Crippen molar-refractivity contribution in [1.82, 2.24) is 4.90 Å². The zero-order chi connectivity index (χ0) is 19.4. The van der Waals surface area contributed by atoms with Crippen LogP contribution in [0.5, 0.6) is 0 Å². The molecular formula is C19H25N3O5. The zero-order valence-electron chi connectivity index (χ0n) is 15.3. The highest BCUT2D eigenvalue weighted by atomic mass is 16.6. The summed E-state index contributed by atoms with van der Waals surface area (Å²) in [5.74, 6) is -0.305. The van der Waals surface area contributed by atoms with E-state index in [2.05, 4.69) is 0 Å². The van der Waals surface area contributed by atoms with Crippen LogP contribution < -0.4 is 0 Å². The normalized spacial score (nSPS) is 18.8. The first kappa shape index (κ1) is 19.3. The first-order valence-electron chi connectivity index (χ1n) is 9.74. The number of hydrogen-bond acceptors (Lipinski definition) is 5. The van der Waals surface area contributed by atoms with Crippen molar-refractivity contribution in [2.45, 2.75) is 76.3 Å². The molecule has 1 aromatic rings. The lowest BCUT2D eigenvalue weighted by Crippen LogP contribution is -2.48. The van der Waals surface area contributed by atoms with Crippen LogP contribution in [0.2, 0.25) is 0 Å². The maximum Gasteiger partial charge on any atom is 0.277 e. The Kier molecular flexibility index (Phi) is 6.03. The maximum absolute atomic E-state index is 13.4. The highest BCUT2D eigenvalue weighted by Crippen LogP contribution is 2.33. The lowest BCUT2D eigenvalue weighted by molar-refractivity contribution is -0.394. The van der Waals surface area contributed by atoms with Gasteiger partial charge >= 0.3 is 0 Å². The molecule has 0 aromatic heterocycles. The van der Waals surface area contributed by atoms with Crippen LogP contribution in [0, 0.1) is 20.2 Å². The van der Waals surface area contributed by atoms with Gasteiger partial charge in [0.15, 0.2) is 0 Å². The van der Waals surface area contributed by atoms with Crippen molar-refractivity contribution in [2.75, 3.05) is 0 Å². The number of benzene rings is 1. The van der Waals surface area contributed by atoms with Gasteiger partial charge in [0.2, 0.25) is 0 Å². The van der Waals surface area contributed by atoms with Crippen LogP contribution in [0.3, 0.4) is 0 Å². The molecule has 1 aromatic carbocycles. The van der Waals surface area contributed by atoms with E-state index in [1.54, 1.807) is 0 Å². The Bertz CT molecular complexity index is 674. The standard InChI is InChI=1S/C19H25N3O5/c23-19(14-11-17(21(24)25)13-18(12-14)22(26)27)20(15-7-3-1-4-8-15)16-9-5-2-6-10-16/h11-13,15-16H,1-10H2. The monoisotopic (exact) mass is 375 g/mol. The average molecular weight is 375 g/mol. The summed E-state index contributed by atoms with van der Waals surface area (Å²) in [7, 11) is 0. The Balaban J connectivity index is 1.97. The van der Waals surface area contributed by atoms with Crippen LogP contribution in [0.25, 0.3) is 0 Å². The van der Waals surface area contributed by atoms with E-state index in [9.17, 15) is 25.0 Å². The summed E-state index contributed by atoms with van der Waals surface area (Å²) in [6, 6.07) is 3.49. The van der Waals surface area contributed by atoms with Gasteiger partial charge in [-0.25, -0.2) is 0 Å². The molecule has 0 unspecified atom stereocenters. The van der Waals surface area contributed by atoms with Gasteiger partial charge in [-0.2, -0.15) is 0 Å². The van der Waals surface area contributed by atoms with Crippen LogP contribution in [-0.2, 0) is 0 Å². The lowest BCUT2D eigenvalue weighted by atomic mass is 9.88. The number of nitrogens with zero attached hydrogens (tertiary/aromatic N) is 3. The first-order chi connectivity index (χ1) is 13.0. The fourth-order valence-electron chi connectivity index (χ4n) is 4.43. The average Bonchev–Trinajstić information content (AvgIpc) is 2.69. The summed E-state index contributed by atoms with van der Waals surface area (Å²) in [5.41, 5.74) is -0.786. The number of amides is 1. The molecule has 1 amide bonds. The van der Waals surface area contributed by atoms with Crippen molar-refractivity contribution in [3.8, 4) is 0 Å². The molecule has 8 heteroatoms. The molecular weight excluding hydrogens is 350 g/mol. The molecule has 8 nitrogen and oxygen atoms in total. The van der Waals surface area contributed by atoms with Crippen LogP contribution in [0.1, 0.15) is 74.6 Å². The molecule has 2 fully saturated rings. The molecule has 0 N–H and O–H groups in total. The minimum absolute atomic E-state index is 0.0482. The SMILES string of the molecule is O=C(c1cc([N+](=O)[O-])cc([N+](=O)[O-])c1)N(C1CCCCC1)C1CCCCC1. The predicted molar refractivity (Wildman–Crippen MR) is 99.7 cm³/mol. The molecule has 146 valence electrons. The lowest BCUT2D eigenvalue weighted by Gasteiger charge is -2.41. The molecule has 0 saturated heterocycles. The maximum atomic E-state index is 13.4. The van der Waals surface area contributed by atoms with Crippen molar-refractivity contribution in [2.24, 2.45) is 0 Å². The van der Waals surface area contributed by atoms with Gasteiger partial charge in [0.05, 0.1) is 21.5 Å². The summed E-state index contributed by atoms with van der Waals surface area (Å²) < 4.78 is 0. The van der Waals surface area contributed by atoms with Crippen molar-refractivity contribution in [3.05, 3.63) is 44.0 Å². The van der Waals surface area contributed by atoms with Gasteiger partial charge in [-0.3, -0.25) is 25.0 Å². The van der Waals surface area contributed by atoms with Crippen molar-refractivity contribution >= 4 is 17.3 Å². The first-order valence-corrected chi connectivity index (χ1v) is 9.74. The summed E-state index contributed by atoms with van der Waals surface area (Å²) in [5, 5.41) is 22.4. The van der Waals surface area contributed by atoms with E-state index in [1.807, 2.05) is 4.90 Å². The Labute approximate surface area is 157 Å². The van der Waals surface area contributed by atoms with E-state index < -0.39 is 21.2 Å². The number of nitro groups is 2. The van der Waals surface area contributed by atoms with Crippen LogP contribution in [0.15, 0.2) is 18.2 Å². The second-order valence-corrected chi connectivity index (χ2v) is 7.55.